The molecule has 19 heavy (non-hydrogen) atoms. The number of H-pyrrole nitrogens is 1. The Morgan fingerprint density at radius 2 is 2.16 bits per heavy atom. The van der Waals surface area contributed by atoms with Crippen LogP contribution in [0.4, 0.5) is 5.82 Å². The van der Waals surface area contributed by atoms with Crippen LogP contribution in [0.2, 0.25) is 0 Å². The number of nitrogens with two attached hydrogens (primary N) is 1. The molecule has 0 fully saturated rings. The Balaban J connectivity index is 2.21. The number of rotatable bonds is 1. The molecule has 0 bridgehead atoms. The molecule has 2 aromatic heterocycles. The van der Waals surface area contributed by atoms with E-state index in [2.05, 4.69) is 15.0 Å². The Labute approximate surface area is 106 Å². The minimum atomic E-state index is -0.529. The van der Waals surface area contributed by atoms with Crippen LogP contribution in [0, 0.1) is 11.3 Å². The van der Waals surface area contributed by atoms with Gasteiger partial charge in [-0.15, -0.1) is 0 Å². The van der Waals surface area contributed by atoms with E-state index >= 15 is 0 Å². The first-order valence-electron chi connectivity index (χ1n) is 5.33. The van der Waals surface area contributed by atoms with Crippen molar-refractivity contribution in [3.63, 3.8) is 0 Å². The standard InChI is InChI=1S/C12H7N5O2/c13-5-7-4-10(14)17-11(15-7)6-1-2-8-9(3-6)19-12(18)16-8/h1-4H,(H,16,18)(H2,14,15,17). The highest BCUT2D eigenvalue weighted by Gasteiger charge is 2.08. The summed E-state index contributed by atoms with van der Waals surface area (Å²) in [5, 5.41) is 8.85. The van der Waals surface area contributed by atoms with E-state index in [1.54, 1.807) is 18.2 Å². The first-order chi connectivity index (χ1) is 9.15. The molecule has 0 aliphatic carbocycles. The zero-order chi connectivity index (χ0) is 13.4. The second-order valence-electron chi connectivity index (χ2n) is 3.84. The molecule has 0 unspecified atom stereocenters. The first kappa shape index (κ1) is 11.0. The molecule has 0 amide bonds. The predicted octanol–water partition coefficient (Wildman–Crippen LogP) is 1.03. The smallest absolute Gasteiger partial charge is 0.408 e. The summed E-state index contributed by atoms with van der Waals surface area (Å²) in [4.78, 5) is 21.7. The van der Waals surface area contributed by atoms with Crippen molar-refractivity contribution in [1.82, 2.24) is 15.0 Å². The van der Waals surface area contributed by atoms with Gasteiger partial charge in [0.25, 0.3) is 0 Å². The number of fused-ring (bicyclic) bond motifs is 1. The summed E-state index contributed by atoms with van der Waals surface area (Å²) >= 11 is 0. The Hall–Kier alpha value is -3.14. The van der Waals surface area contributed by atoms with E-state index in [0.717, 1.165) is 0 Å². The number of anilines is 1. The maximum Gasteiger partial charge on any atom is 0.417 e. The molecule has 0 saturated carbocycles. The third kappa shape index (κ3) is 1.91. The van der Waals surface area contributed by atoms with Crippen molar-refractivity contribution in [3.05, 3.63) is 40.5 Å². The van der Waals surface area contributed by atoms with Crippen molar-refractivity contribution in [2.45, 2.75) is 0 Å². The van der Waals surface area contributed by atoms with E-state index in [9.17, 15) is 4.79 Å². The second-order valence-corrected chi connectivity index (χ2v) is 3.84. The van der Waals surface area contributed by atoms with Gasteiger partial charge in [-0.2, -0.15) is 5.26 Å². The van der Waals surface area contributed by atoms with Gasteiger partial charge < -0.3 is 10.2 Å². The molecule has 3 aromatic rings. The molecule has 7 nitrogen and oxygen atoms in total. The van der Waals surface area contributed by atoms with Crippen LogP contribution in [0.15, 0.2) is 33.5 Å². The first-order valence-corrected chi connectivity index (χ1v) is 5.33. The van der Waals surface area contributed by atoms with Crippen LogP contribution in [-0.2, 0) is 0 Å². The van der Waals surface area contributed by atoms with Gasteiger partial charge in [-0.05, 0) is 18.2 Å². The quantitative estimate of drug-likeness (QED) is 0.667. The average Bonchev–Trinajstić information content (AvgIpc) is 2.76. The highest BCUT2D eigenvalue weighted by atomic mass is 16.4. The topological polar surface area (TPSA) is 122 Å². The Bertz CT molecular complexity index is 872. The monoisotopic (exact) mass is 253 g/mol. The summed E-state index contributed by atoms with van der Waals surface area (Å²) in [6.07, 6.45) is 0. The second kappa shape index (κ2) is 3.96. The molecule has 0 atom stereocenters. The molecule has 2 heterocycles. The predicted molar refractivity (Wildman–Crippen MR) is 67.0 cm³/mol. The number of benzene rings is 1. The molecular formula is C12H7N5O2. The summed E-state index contributed by atoms with van der Waals surface area (Å²) in [7, 11) is 0. The van der Waals surface area contributed by atoms with Gasteiger partial charge in [-0.25, -0.2) is 14.8 Å². The van der Waals surface area contributed by atoms with Gasteiger partial charge in [0.2, 0.25) is 0 Å². The number of aromatic nitrogens is 3. The van der Waals surface area contributed by atoms with Gasteiger partial charge in [-0.1, -0.05) is 0 Å². The zero-order valence-corrected chi connectivity index (χ0v) is 9.54. The molecule has 0 radical (unpaired) electrons. The molecule has 92 valence electrons. The van der Waals surface area contributed by atoms with Crippen LogP contribution in [0.1, 0.15) is 5.69 Å². The fourth-order valence-corrected chi connectivity index (χ4v) is 1.74. The number of nitrogens with zero attached hydrogens (tertiary/aromatic N) is 3. The molecule has 0 aliphatic heterocycles. The van der Waals surface area contributed by atoms with E-state index in [1.165, 1.54) is 6.07 Å². The van der Waals surface area contributed by atoms with Gasteiger partial charge in [-0.3, -0.25) is 4.98 Å². The number of nitrogens with one attached hydrogen (secondary N) is 1. The molecule has 0 spiro atoms. The van der Waals surface area contributed by atoms with Crippen LogP contribution in [-0.4, -0.2) is 15.0 Å². The minimum Gasteiger partial charge on any atom is -0.408 e. The molecule has 7 heteroatoms. The van der Waals surface area contributed by atoms with Crippen LogP contribution >= 0.6 is 0 Å². The number of nitriles is 1. The zero-order valence-electron chi connectivity index (χ0n) is 9.54. The van der Waals surface area contributed by atoms with Gasteiger partial charge in [0, 0.05) is 11.6 Å². The summed E-state index contributed by atoms with van der Waals surface area (Å²) in [6, 6.07) is 8.30. The molecule has 3 N–H and O–H groups in total. The van der Waals surface area contributed by atoms with E-state index in [4.69, 9.17) is 15.4 Å². The lowest BCUT2D eigenvalue weighted by Crippen LogP contribution is -1.98. The fraction of sp³-hybridized carbons (Fsp3) is 0. The van der Waals surface area contributed by atoms with E-state index in [1.807, 2.05) is 6.07 Å². The largest absolute Gasteiger partial charge is 0.417 e. The van der Waals surface area contributed by atoms with Crippen LogP contribution in [0.3, 0.4) is 0 Å². The average molecular weight is 253 g/mol. The van der Waals surface area contributed by atoms with E-state index < -0.39 is 5.76 Å². The summed E-state index contributed by atoms with van der Waals surface area (Å²) < 4.78 is 4.95. The maximum atomic E-state index is 11.1. The molecule has 0 aliphatic rings. The number of nitrogen functional groups attached to an aromatic ring is 1. The van der Waals surface area contributed by atoms with E-state index in [-0.39, 0.29) is 11.5 Å². The lowest BCUT2D eigenvalue weighted by atomic mass is 10.2. The maximum absolute atomic E-state index is 11.1. The highest BCUT2D eigenvalue weighted by molar-refractivity contribution is 5.78. The molecule has 0 saturated heterocycles. The number of hydrogen-bond acceptors (Lipinski definition) is 6. The lowest BCUT2D eigenvalue weighted by molar-refractivity contribution is 0.555. The van der Waals surface area contributed by atoms with E-state index in [0.29, 0.717) is 22.5 Å². The lowest BCUT2D eigenvalue weighted by Gasteiger charge is -2.01. The van der Waals surface area contributed by atoms with Crippen molar-refractivity contribution in [2.24, 2.45) is 0 Å². The van der Waals surface area contributed by atoms with Crippen molar-refractivity contribution in [1.29, 1.82) is 5.26 Å². The van der Waals surface area contributed by atoms with Crippen LogP contribution in [0.5, 0.6) is 0 Å². The van der Waals surface area contributed by atoms with Gasteiger partial charge in [0.05, 0.1) is 5.52 Å². The minimum absolute atomic E-state index is 0.179. The summed E-state index contributed by atoms with van der Waals surface area (Å²) in [5.41, 5.74) is 7.37. The molecule has 1 aromatic carbocycles. The Kier molecular flexibility index (Phi) is 2.29. The molecular weight excluding hydrogens is 246 g/mol. The highest BCUT2D eigenvalue weighted by Crippen LogP contribution is 2.21. The van der Waals surface area contributed by atoms with Crippen molar-refractivity contribution >= 4 is 16.9 Å². The molecule has 3 rings (SSSR count). The SMILES string of the molecule is N#Cc1cc(N)nc(-c2ccc3[nH]c(=O)oc3c2)n1. The third-order valence-electron chi connectivity index (χ3n) is 2.54. The van der Waals surface area contributed by atoms with Crippen molar-refractivity contribution in [3.8, 4) is 17.5 Å². The van der Waals surface area contributed by atoms with Gasteiger partial charge in [0.15, 0.2) is 11.4 Å². The van der Waals surface area contributed by atoms with Crippen molar-refractivity contribution < 1.29 is 4.42 Å². The summed E-state index contributed by atoms with van der Waals surface area (Å²) in [6.45, 7) is 0. The summed E-state index contributed by atoms with van der Waals surface area (Å²) in [5.74, 6) is -0.0159. The van der Waals surface area contributed by atoms with Crippen LogP contribution in [0.25, 0.3) is 22.5 Å². The fourth-order valence-electron chi connectivity index (χ4n) is 1.74. The van der Waals surface area contributed by atoms with Crippen molar-refractivity contribution in [2.75, 3.05) is 5.73 Å². The van der Waals surface area contributed by atoms with Gasteiger partial charge >= 0.3 is 5.76 Å². The Morgan fingerprint density at radius 3 is 2.95 bits per heavy atom. The van der Waals surface area contributed by atoms with Gasteiger partial charge in [0.1, 0.15) is 17.6 Å². The normalized spacial score (nSPS) is 10.5. The van der Waals surface area contributed by atoms with Crippen LogP contribution < -0.4 is 11.5 Å². The third-order valence-corrected chi connectivity index (χ3v) is 2.54. The number of aromatic amines is 1. The number of hydrogen-bond donors (Lipinski definition) is 2. The number of oxazole rings is 1. The Morgan fingerprint density at radius 1 is 1.32 bits per heavy atom.